The molecule has 0 unspecified atom stereocenters. The maximum atomic E-state index is 5.09. The first-order valence-electron chi connectivity index (χ1n) is 5.06. The van der Waals surface area contributed by atoms with E-state index < -0.39 is 0 Å². The van der Waals surface area contributed by atoms with Gasteiger partial charge in [0.25, 0.3) is 0 Å². The largest absolute Gasteiger partial charge is 0.381 e. The molecule has 0 N–H and O–H groups in total. The maximum absolute atomic E-state index is 5.09. The quantitative estimate of drug-likeness (QED) is 0.604. The minimum Gasteiger partial charge on any atom is -0.381 e. The summed E-state index contributed by atoms with van der Waals surface area (Å²) in [6, 6.07) is 0. The van der Waals surface area contributed by atoms with Crippen LogP contribution in [0.4, 0.5) is 0 Å². The Morgan fingerprint density at radius 3 is 2.14 bits per heavy atom. The van der Waals surface area contributed by atoms with E-state index >= 15 is 0 Å². The highest BCUT2D eigenvalue weighted by atomic mass is 16.5. The van der Waals surface area contributed by atoms with Gasteiger partial charge in [-0.15, -0.1) is 0 Å². The van der Waals surface area contributed by atoms with E-state index in [4.69, 9.17) is 4.74 Å². The summed E-state index contributed by atoms with van der Waals surface area (Å²) < 4.78 is 5.09. The third kappa shape index (κ3) is 22.5. The number of hydrogen-bond acceptors (Lipinski definition) is 1. The molecule has 1 nitrogen and oxygen atoms in total. The second-order valence-corrected chi connectivity index (χ2v) is 3.49. The second kappa shape index (κ2) is 12.2. The molecule has 0 aromatic carbocycles. The first-order chi connectivity index (χ1) is 6.54. The van der Waals surface area contributed by atoms with Crippen LogP contribution in [-0.4, -0.2) is 13.2 Å². The molecule has 14 heavy (non-hydrogen) atoms. The van der Waals surface area contributed by atoms with Crippen molar-refractivity contribution in [1.29, 1.82) is 0 Å². The predicted molar refractivity (Wildman–Crippen MR) is 65.5 cm³/mol. The van der Waals surface area contributed by atoms with Crippen LogP contribution in [-0.2, 0) is 4.74 Å². The molecule has 0 atom stereocenters. The molecule has 0 rings (SSSR count). The zero-order chi connectivity index (χ0) is 11.4. The summed E-state index contributed by atoms with van der Waals surface area (Å²) in [4.78, 5) is 0. The Bertz CT molecular complexity index is 166. The van der Waals surface area contributed by atoms with Crippen LogP contribution in [0.1, 0.15) is 27.7 Å². The summed E-state index contributed by atoms with van der Waals surface area (Å²) in [5.41, 5.74) is 1.06. The van der Waals surface area contributed by atoms with Gasteiger partial charge in [-0.1, -0.05) is 50.8 Å². The van der Waals surface area contributed by atoms with Crippen molar-refractivity contribution in [2.45, 2.75) is 27.7 Å². The van der Waals surface area contributed by atoms with Crippen LogP contribution in [0.2, 0.25) is 0 Å². The molecule has 82 valence electrons. The SMILES string of the molecule is C=C/C=C\C(=C)C.CCOCC(C)C. The fourth-order valence-electron chi connectivity index (χ4n) is 0.586. The van der Waals surface area contributed by atoms with E-state index in [9.17, 15) is 0 Å². The average molecular weight is 196 g/mol. The van der Waals surface area contributed by atoms with Crippen molar-refractivity contribution >= 4 is 0 Å². The molecule has 0 amide bonds. The molecule has 1 heteroatoms. The Labute approximate surface area is 89.2 Å². The van der Waals surface area contributed by atoms with Crippen molar-refractivity contribution in [3.8, 4) is 0 Å². The molecule has 0 aliphatic rings. The van der Waals surface area contributed by atoms with E-state index in [0.717, 1.165) is 18.8 Å². The second-order valence-electron chi connectivity index (χ2n) is 3.49. The van der Waals surface area contributed by atoms with Gasteiger partial charge in [0.2, 0.25) is 0 Å². The van der Waals surface area contributed by atoms with Gasteiger partial charge < -0.3 is 4.74 Å². The summed E-state index contributed by atoms with van der Waals surface area (Å²) in [7, 11) is 0. The number of ether oxygens (including phenoxy) is 1. The van der Waals surface area contributed by atoms with Gasteiger partial charge in [0.1, 0.15) is 0 Å². The Kier molecular flexibility index (Phi) is 13.6. The number of hydrogen-bond donors (Lipinski definition) is 0. The fraction of sp³-hybridized carbons (Fsp3) is 0.538. The van der Waals surface area contributed by atoms with Gasteiger partial charge >= 0.3 is 0 Å². The summed E-state index contributed by atoms with van der Waals surface area (Å²) in [6.07, 6.45) is 5.50. The number of allylic oxidation sites excluding steroid dienone is 4. The molecular formula is C13H24O. The lowest BCUT2D eigenvalue weighted by Crippen LogP contribution is -2.00. The van der Waals surface area contributed by atoms with Crippen molar-refractivity contribution in [2.24, 2.45) is 5.92 Å². The van der Waals surface area contributed by atoms with E-state index in [1.807, 2.05) is 26.0 Å². The molecule has 0 aromatic heterocycles. The molecule has 0 saturated heterocycles. The van der Waals surface area contributed by atoms with Crippen LogP contribution in [0, 0.1) is 5.92 Å². The molecule has 0 fully saturated rings. The summed E-state index contributed by atoms with van der Waals surface area (Å²) >= 11 is 0. The van der Waals surface area contributed by atoms with Crippen LogP contribution in [0.3, 0.4) is 0 Å². The van der Waals surface area contributed by atoms with E-state index in [-0.39, 0.29) is 0 Å². The van der Waals surface area contributed by atoms with E-state index in [1.54, 1.807) is 6.08 Å². The predicted octanol–water partition coefficient (Wildman–Crippen LogP) is 3.98. The smallest absolute Gasteiger partial charge is 0.0488 e. The van der Waals surface area contributed by atoms with Gasteiger partial charge in [0.05, 0.1) is 0 Å². The summed E-state index contributed by atoms with van der Waals surface area (Å²) in [5, 5.41) is 0. The third-order valence-electron chi connectivity index (χ3n) is 1.17. The highest BCUT2D eigenvalue weighted by Crippen LogP contribution is 1.90. The summed E-state index contributed by atoms with van der Waals surface area (Å²) in [6.45, 7) is 17.2. The zero-order valence-corrected chi connectivity index (χ0v) is 10.0. The molecule has 0 radical (unpaired) electrons. The number of rotatable bonds is 5. The molecular weight excluding hydrogens is 172 g/mol. The zero-order valence-electron chi connectivity index (χ0n) is 10.0. The molecule has 0 aliphatic heterocycles. The van der Waals surface area contributed by atoms with Gasteiger partial charge in [-0.05, 0) is 19.8 Å². The van der Waals surface area contributed by atoms with E-state index in [2.05, 4.69) is 27.0 Å². The van der Waals surface area contributed by atoms with Gasteiger partial charge in [-0.25, -0.2) is 0 Å². The Morgan fingerprint density at radius 2 is 2.00 bits per heavy atom. The van der Waals surface area contributed by atoms with Gasteiger partial charge in [0, 0.05) is 13.2 Å². The van der Waals surface area contributed by atoms with Crippen molar-refractivity contribution in [1.82, 2.24) is 0 Å². The average Bonchev–Trinajstić information content (AvgIpc) is 2.12. The molecule has 0 bridgehead atoms. The Balaban J connectivity index is 0. The standard InChI is InChI=1S/C7H10.C6H14O/c1-4-5-6-7(2)3;1-4-7-5-6(2)3/h4-6H,1-2H2,3H3;6H,4-5H2,1-3H3/b6-5-;. The minimum atomic E-state index is 0.681. The molecule has 0 saturated carbocycles. The van der Waals surface area contributed by atoms with E-state index in [1.165, 1.54) is 0 Å². The van der Waals surface area contributed by atoms with Crippen LogP contribution < -0.4 is 0 Å². The van der Waals surface area contributed by atoms with E-state index in [0.29, 0.717) is 5.92 Å². The van der Waals surface area contributed by atoms with Crippen molar-refractivity contribution in [3.05, 3.63) is 37.0 Å². The molecule has 0 aliphatic carbocycles. The van der Waals surface area contributed by atoms with Crippen LogP contribution in [0.15, 0.2) is 37.0 Å². The lowest BCUT2D eigenvalue weighted by atomic mass is 10.2. The van der Waals surface area contributed by atoms with Gasteiger partial charge in [0.15, 0.2) is 0 Å². The third-order valence-corrected chi connectivity index (χ3v) is 1.17. The highest BCUT2D eigenvalue weighted by molar-refractivity contribution is 5.15. The highest BCUT2D eigenvalue weighted by Gasteiger charge is 1.88. The fourth-order valence-corrected chi connectivity index (χ4v) is 0.586. The monoisotopic (exact) mass is 196 g/mol. The lowest BCUT2D eigenvalue weighted by molar-refractivity contribution is 0.122. The van der Waals surface area contributed by atoms with Crippen molar-refractivity contribution in [3.63, 3.8) is 0 Å². The van der Waals surface area contributed by atoms with Crippen molar-refractivity contribution in [2.75, 3.05) is 13.2 Å². The normalized spacial score (nSPS) is 9.79. The molecule has 0 heterocycles. The lowest BCUT2D eigenvalue weighted by Gasteiger charge is -2.01. The maximum Gasteiger partial charge on any atom is 0.0488 e. The van der Waals surface area contributed by atoms with Crippen LogP contribution >= 0.6 is 0 Å². The molecule has 0 spiro atoms. The topological polar surface area (TPSA) is 9.23 Å². The van der Waals surface area contributed by atoms with Gasteiger partial charge in [-0.3, -0.25) is 0 Å². The minimum absolute atomic E-state index is 0.681. The van der Waals surface area contributed by atoms with Crippen LogP contribution in [0.25, 0.3) is 0 Å². The first kappa shape index (κ1) is 15.6. The summed E-state index contributed by atoms with van der Waals surface area (Å²) in [5.74, 6) is 0.681. The van der Waals surface area contributed by atoms with Gasteiger partial charge in [-0.2, -0.15) is 0 Å². The van der Waals surface area contributed by atoms with Crippen molar-refractivity contribution < 1.29 is 4.74 Å². The first-order valence-corrected chi connectivity index (χ1v) is 5.06. The Morgan fingerprint density at radius 1 is 1.43 bits per heavy atom. The van der Waals surface area contributed by atoms with Crippen LogP contribution in [0.5, 0.6) is 0 Å². The molecule has 0 aromatic rings. The Hall–Kier alpha value is -0.820.